The van der Waals surface area contributed by atoms with Crippen molar-refractivity contribution in [3.8, 4) is 0 Å². The molecule has 0 rings (SSSR count). The van der Waals surface area contributed by atoms with E-state index in [4.69, 9.17) is 0 Å². The summed E-state index contributed by atoms with van der Waals surface area (Å²) in [5, 5.41) is 9.13. The first-order chi connectivity index (χ1) is 13.9. The summed E-state index contributed by atoms with van der Waals surface area (Å²) in [6, 6.07) is 0. The maximum absolute atomic E-state index is 11.4. The highest BCUT2D eigenvalue weighted by molar-refractivity contribution is 7.86. The van der Waals surface area contributed by atoms with E-state index in [0.717, 1.165) is 25.7 Å². The molecule has 0 fully saturated rings. The van der Waals surface area contributed by atoms with E-state index < -0.39 is 21.5 Å². The number of hydrogen-bond acceptors (Lipinski definition) is 3. The number of aliphatic hydroxyl groups excluding tert-OH is 1. The monoisotopic (exact) mass is 434 g/mol. The standard InChI is InChI=1S/C24H50O4S/c1-3-5-7-8-9-10-11-12-13-14-15-16-17-18-19-20-21-23(25)24(22-6-4-2)29(26,27)28/h23-25H,3-22H2,1-2H3,(H,26,27,28). The molecular weight excluding hydrogens is 384 g/mol. The Hall–Kier alpha value is -0.130. The minimum absolute atomic E-state index is 0.343. The van der Waals surface area contributed by atoms with Crippen molar-refractivity contribution < 1.29 is 18.1 Å². The Kier molecular flexibility index (Phi) is 19.7. The SMILES string of the molecule is CCCCCCCCCCCCCCCCCCC(O)C(CCCC)S(=O)(=O)O. The number of rotatable bonds is 22. The van der Waals surface area contributed by atoms with E-state index in [1.807, 2.05) is 6.92 Å². The predicted octanol–water partition coefficient (Wildman–Crippen LogP) is 7.45. The molecule has 0 aliphatic carbocycles. The van der Waals surface area contributed by atoms with Crippen molar-refractivity contribution in [3.63, 3.8) is 0 Å². The highest BCUT2D eigenvalue weighted by Gasteiger charge is 2.29. The van der Waals surface area contributed by atoms with E-state index >= 15 is 0 Å². The largest absolute Gasteiger partial charge is 0.392 e. The van der Waals surface area contributed by atoms with Crippen LogP contribution in [-0.2, 0) is 10.1 Å². The summed E-state index contributed by atoms with van der Waals surface area (Å²) < 4.78 is 32.2. The van der Waals surface area contributed by atoms with E-state index in [2.05, 4.69) is 6.92 Å². The van der Waals surface area contributed by atoms with Crippen LogP contribution in [-0.4, -0.2) is 29.4 Å². The summed E-state index contributed by atoms with van der Waals surface area (Å²) in [6.45, 7) is 4.24. The Balaban J connectivity index is 3.48. The average Bonchev–Trinajstić information content (AvgIpc) is 2.67. The molecule has 2 unspecified atom stereocenters. The molecule has 0 radical (unpaired) electrons. The van der Waals surface area contributed by atoms with Gasteiger partial charge in [-0.1, -0.05) is 129 Å². The second-order valence-electron chi connectivity index (χ2n) is 8.85. The van der Waals surface area contributed by atoms with Crippen LogP contribution in [0.2, 0.25) is 0 Å². The summed E-state index contributed by atoms with van der Waals surface area (Å²) >= 11 is 0. The Morgan fingerprint density at radius 2 is 0.897 bits per heavy atom. The lowest BCUT2D eigenvalue weighted by molar-refractivity contribution is 0.146. The van der Waals surface area contributed by atoms with Crippen LogP contribution in [0.15, 0.2) is 0 Å². The van der Waals surface area contributed by atoms with Crippen molar-refractivity contribution in [2.75, 3.05) is 0 Å². The zero-order valence-corrected chi connectivity index (χ0v) is 20.2. The lowest BCUT2D eigenvalue weighted by Crippen LogP contribution is -2.33. The van der Waals surface area contributed by atoms with E-state index in [0.29, 0.717) is 19.3 Å². The smallest absolute Gasteiger partial charge is 0.270 e. The van der Waals surface area contributed by atoms with Crippen molar-refractivity contribution in [3.05, 3.63) is 0 Å². The van der Waals surface area contributed by atoms with Crippen LogP contribution in [0.3, 0.4) is 0 Å². The molecule has 0 aromatic carbocycles. The fourth-order valence-corrected chi connectivity index (χ4v) is 5.03. The summed E-state index contributed by atoms with van der Waals surface area (Å²) in [5.41, 5.74) is 0. The van der Waals surface area contributed by atoms with Crippen molar-refractivity contribution >= 4 is 10.1 Å². The van der Waals surface area contributed by atoms with Gasteiger partial charge in [0.15, 0.2) is 0 Å². The van der Waals surface area contributed by atoms with Crippen LogP contribution in [0.25, 0.3) is 0 Å². The van der Waals surface area contributed by atoms with Gasteiger partial charge < -0.3 is 5.11 Å². The third-order valence-corrected chi connectivity index (χ3v) is 7.32. The molecule has 0 saturated carbocycles. The van der Waals surface area contributed by atoms with Gasteiger partial charge in [-0.25, -0.2) is 0 Å². The van der Waals surface area contributed by atoms with Crippen LogP contribution >= 0.6 is 0 Å². The normalized spacial score (nSPS) is 14.2. The van der Waals surface area contributed by atoms with Gasteiger partial charge in [0.2, 0.25) is 0 Å². The molecule has 0 amide bonds. The van der Waals surface area contributed by atoms with Crippen molar-refractivity contribution in [1.29, 1.82) is 0 Å². The lowest BCUT2D eigenvalue weighted by atomic mass is 10.0. The van der Waals surface area contributed by atoms with Gasteiger partial charge in [0, 0.05) is 0 Å². The van der Waals surface area contributed by atoms with E-state index in [9.17, 15) is 18.1 Å². The Morgan fingerprint density at radius 3 is 1.24 bits per heavy atom. The highest BCUT2D eigenvalue weighted by Crippen LogP contribution is 2.19. The van der Waals surface area contributed by atoms with E-state index in [1.54, 1.807) is 0 Å². The van der Waals surface area contributed by atoms with Crippen LogP contribution in [0, 0.1) is 0 Å². The molecule has 0 bridgehead atoms. The van der Waals surface area contributed by atoms with E-state index in [1.165, 1.54) is 83.5 Å². The van der Waals surface area contributed by atoms with Crippen LogP contribution in [0.1, 0.15) is 142 Å². The number of unbranched alkanes of at least 4 members (excludes halogenated alkanes) is 16. The minimum Gasteiger partial charge on any atom is -0.392 e. The molecule has 0 aliphatic heterocycles. The lowest BCUT2D eigenvalue weighted by Gasteiger charge is -2.20. The molecular formula is C24H50O4S. The van der Waals surface area contributed by atoms with Crippen molar-refractivity contribution in [1.82, 2.24) is 0 Å². The molecule has 0 aliphatic rings. The van der Waals surface area contributed by atoms with Gasteiger partial charge in [0.25, 0.3) is 10.1 Å². The molecule has 0 saturated heterocycles. The molecule has 0 spiro atoms. The number of hydrogen-bond donors (Lipinski definition) is 2. The summed E-state index contributed by atoms with van der Waals surface area (Å²) in [6.07, 6.45) is 22.2. The minimum atomic E-state index is -4.16. The van der Waals surface area contributed by atoms with Crippen molar-refractivity contribution in [2.24, 2.45) is 0 Å². The maximum atomic E-state index is 11.4. The molecule has 0 heterocycles. The molecule has 2 atom stereocenters. The molecule has 29 heavy (non-hydrogen) atoms. The molecule has 5 heteroatoms. The third kappa shape index (κ3) is 18.4. The Labute approximate surface area is 182 Å². The van der Waals surface area contributed by atoms with Crippen molar-refractivity contribution in [2.45, 2.75) is 154 Å². The first kappa shape index (κ1) is 28.9. The van der Waals surface area contributed by atoms with Gasteiger partial charge in [-0.2, -0.15) is 8.42 Å². The average molecular weight is 435 g/mol. The van der Waals surface area contributed by atoms with Gasteiger partial charge in [-0.3, -0.25) is 4.55 Å². The van der Waals surface area contributed by atoms with Gasteiger partial charge in [0.05, 0.1) is 6.10 Å². The third-order valence-electron chi connectivity index (χ3n) is 6.01. The van der Waals surface area contributed by atoms with Gasteiger partial charge in [0.1, 0.15) is 5.25 Å². The topological polar surface area (TPSA) is 74.6 Å². The van der Waals surface area contributed by atoms with Crippen LogP contribution in [0.5, 0.6) is 0 Å². The molecule has 2 N–H and O–H groups in total. The molecule has 176 valence electrons. The fraction of sp³-hybridized carbons (Fsp3) is 1.00. The Bertz CT molecular complexity index is 436. The van der Waals surface area contributed by atoms with Gasteiger partial charge in [-0.15, -0.1) is 0 Å². The first-order valence-corrected chi connectivity index (χ1v) is 14.1. The quantitative estimate of drug-likeness (QED) is 0.137. The zero-order chi connectivity index (χ0) is 21.8. The van der Waals surface area contributed by atoms with Gasteiger partial charge >= 0.3 is 0 Å². The molecule has 0 aromatic heterocycles. The zero-order valence-electron chi connectivity index (χ0n) is 19.4. The van der Waals surface area contributed by atoms with Gasteiger partial charge in [-0.05, 0) is 12.8 Å². The van der Waals surface area contributed by atoms with Crippen LogP contribution < -0.4 is 0 Å². The molecule has 4 nitrogen and oxygen atoms in total. The first-order valence-electron chi connectivity index (χ1n) is 12.6. The number of aliphatic hydroxyl groups is 1. The maximum Gasteiger partial charge on any atom is 0.270 e. The highest BCUT2D eigenvalue weighted by atomic mass is 32.2. The summed E-state index contributed by atoms with van der Waals surface area (Å²) in [5.74, 6) is 0. The van der Waals surface area contributed by atoms with E-state index in [-0.39, 0.29) is 0 Å². The second-order valence-corrected chi connectivity index (χ2v) is 10.5. The Morgan fingerprint density at radius 1 is 0.552 bits per heavy atom. The molecule has 0 aromatic rings. The summed E-state index contributed by atoms with van der Waals surface area (Å²) in [4.78, 5) is 0. The summed E-state index contributed by atoms with van der Waals surface area (Å²) in [7, 11) is -4.16. The van der Waals surface area contributed by atoms with Crippen LogP contribution in [0.4, 0.5) is 0 Å². The fourth-order valence-electron chi connectivity index (χ4n) is 4.03. The predicted molar refractivity (Wildman–Crippen MR) is 125 cm³/mol. The second kappa shape index (κ2) is 19.8.